The van der Waals surface area contributed by atoms with Crippen molar-refractivity contribution in [2.24, 2.45) is 11.5 Å². The molecule has 4 aliphatic heterocycles. The van der Waals surface area contributed by atoms with Crippen LogP contribution in [0.15, 0.2) is 66.3 Å². The molecule has 3 amide bonds. The Kier molecular flexibility index (Phi) is 10.8. The van der Waals surface area contributed by atoms with Gasteiger partial charge in [-0.25, -0.2) is 9.37 Å². The van der Waals surface area contributed by atoms with Crippen LogP contribution in [0.3, 0.4) is 0 Å². The number of piperidine rings is 1. The zero-order valence-corrected chi connectivity index (χ0v) is 31.1. The molecule has 290 valence electrons. The Morgan fingerprint density at radius 2 is 1.89 bits per heavy atom. The molecule has 3 fully saturated rings. The third kappa shape index (κ3) is 8.16. The van der Waals surface area contributed by atoms with Crippen molar-refractivity contribution in [3.05, 3.63) is 99.9 Å². The predicted octanol–water partition coefficient (Wildman–Crippen LogP) is 2.18. The highest BCUT2D eigenvalue weighted by Gasteiger charge is 2.38. The third-order valence-electron chi connectivity index (χ3n) is 11.1. The summed E-state index contributed by atoms with van der Waals surface area (Å²) in [6, 6.07) is 11.9. The monoisotopic (exact) mass is 753 g/mol. The summed E-state index contributed by atoms with van der Waals surface area (Å²) in [4.78, 5) is 48.9. The number of nitrogens with zero attached hydrogens (tertiary/aromatic N) is 5. The van der Waals surface area contributed by atoms with E-state index in [2.05, 4.69) is 49.4 Å². The van der Waals surface area contributed by atoms with Crippen molar-refractivity contribution >= 4 is 29.6 Å². The molecule has 5 heterocycles. The number of para-hydroxylation sites is 1. The number of rotatable bonds is 11. The van der Waals surface area contributed by atoms with Crippen LogP contribution in [0.4, 0.5) is 10.1 Å². The second kappa shape index (κ2) is 15.9. The first-order valence-corrected chi connectivity index (χ1v) is 18.7. The van der Waals surface area contributed by atoms with Crippen molar-refractivity contribution in [1.82, 2.24) is 30.3 Å². The van der Waals surface area contributed by atoms with Gasteiger partial charge in [-0.3, -0.25) is 24.6 Å². The standard InChI is InChI=1S/C40H48FN9O5/c1-24-14-28(7-6-26(24)21-49(23-51)34-8-9-36(52)46-40(34)54)48-12-10-47(11-13-48)20-27-18-44-37(15-25(27)2)55-30-16-29-19-45-39(43)35(50(29)22-30)17-33(42)31-4-3-5-32(41)38(31)53/h3-7,14-15,17-18,23,29-30,34,45,53H,8-13,16,19-22,42-43H2,1-2H3,(H,46,52,54)/b33-17-. The van der Waals surface area contributed by atoms with Gasteiger partial charge in [-0.05, 0) is 72.9 Å². The number of nitrogens with one attached hydrogen (secondary N) is 2. The normalized spacial score (nSPS) is 21.9. The largest absolute Gasteiger partial charge is 0.504 e. The minimum Gasteiger partial charge on any atom is -0.504 e. The van der Waals surface area contributed by atoms with Gasteiger partial charge in [-0.15, -0.1) is 0 Å². The first-order chi connectivity index (χ1) is 26.5. The lowest BCUT2D eigenvalue weighted by Crippen LogP contribution is -2.51. The molecule has 3 aromatic rings. The maximum Gasteiger partial charge on any atom is 0.249 e. The van der Waals surface area contributed by atoms with Gasteiger partial charge >= 0.3 is 0 Å². The fourth-order valence-corrected chi connectivity index (χ4v) is 7.89. The number of hydrogen-bond acceptors (Lipinski definition) is 12. The molecule has 0 radical (unpaired) electrons. The molecule has 15 heteroatoms. The SMILES string of the molecule is Cc1cc(OC2CC3CNC(N)=C(/C=C(\N)c4cccc(F)c4O)N3C2)ncc1CN1CCN(c2ccc(CN(C=O)C3CCC(=O)NC3=O)c(C)c2)CC1. The number of anilines is 1. The lowest BCUT2D eigenvalue weighted by molar-refractivity contribution is -0.141. The molecule has 1 aromatic heterocycles. The molecule has 0 saturated carbocycles. The average molecular weight is 754 g/mol. The van der Waals surface area contributed by atoms with E-state index in [9.17, 15) is 23.9 Å². The molecule has 0 bridgehead atoms. The Balaban J connectivity index is 0.914. The number of piperazine rings is 1. The number of nitrogens with two attached hydrogens (primary N) is 2. The number of benzene rings is 2. The van der Waals surface area contributed by atoms with E-state index in [1.54, 1.807) is 12.1 Å². The lowest BCUT2D eigenvalue weighted by atomic mass is 10.0. The van der Waals surface area contributed by atoms with Crippen LogP contribution in [-0.4, -0.2) is 100 Å². The van der Waals surface area contributed by atoms with E-state index >= 15 is 0 Å². The van der Waals surface area contributed by atoms with Crippen LogP contribution in [0.5, 0.6) is 11.6 Å². The van der Waals surface area contributed by atoms with E-state index in [1.807, 2.05) is 25.3 Å². The number of imide groups is 1. The topological polar surface area (TPSA) is 183 Å². The number of halogens is 1. The van der Waals surface area contributed by atoms with Crippen LogP contribution >= 0.6 is 0 Å². The summed E-state index contributed by atoms with van der Waals surface area (Å²) in [6.07, 6.45) is 5.42. The zero-order valence-electron chi connectivity index (χ0n) is 31.1. The Hall–Kier alpha value is -5.83. The summed E-state index contributed by atoms with van der Waals surface area (Å²) < 4.78 is 20.4. The molecule has 55 heavy (non-hydrogen) atoms. The number of allylic oxidation sites excluding steroid dienone is 1. The first kappa shape index (κ1) is 37.5. The number of pyridine rings is 1. The fraction of sp³-hybridized carbons (Fsp3) is 0.400. The smallest absolute Gasteiger partial charge is 0.249 e. The van der Waals surface area contributed by atoms with E-state index in [-0.39, 0.29) is 35.7 Å². The quantitative estimate of drug-likeness (QED) is 0.143. The van der Waals surface area contributed by atoms with Crippen molar-refractivity contribution in [3.63, 3.8) is 0 Å². The van der Waals surface area contributed by atoms with E-state index in [0.29, 0.717) is 49.9 Å². The maximum atomic E-state index is 14.0. The van der Waals surface area contributed by atoms with Gasteiger partial charge < -0.3 is 41.3 Å². The third-order valence-corrected chi connectivity index (χ3v) is 11.1. The van der Waals surface area contributed by atoms with Crippen molar-refractivity contribution in [1.29, 1.82) is 0 Å². The minimum absolute atomic E-state index is 0.108. The van der Waals surface area contributed by atoms with Crippen LogP contribution < -0.4 is 31.7 Å². The second-order valence-corrected chi connectivity index (χ2v) is 14.8. The number of aryl methyl sites for hydroxylation is 2. The summed E-state index contributed by atoms with van der Waals surface area (Å²) in [5.74, 6) is -0.954. The predicted molar refractivity (Wildman–Crippen MR) is 204 cm³/mol. The van der Waals surface area contributed by atoms with Gasteiger partial charge in [0.2, 0.25) is 24.1 Å². The zero-order chi connectivity index (χ0) is 38.8. The van der Waals surface area contributed by atoms with Gasteiger partial charge in [0.25, 0.3) is 0 Å². The molecule has 7 rings (SSSR count). The number of ether oxygens (including phenoxy) is 1. The van der Waals surface area contributed by atoms with Gasteiger partial charge in [0.15, 0.2) is 11.6 Å². The molecular weight excluding hydrogens is 705 g/mol. The van der Waals surface area contributed by atoms with E-state index in [0.717, 1.165) is 67.1 Å². The molecule has 3 saturated heterocycles. The number of aromatic nitrogens is 1. The highest BCUT2D eigenvalue weighted by atomic mass is 19.1. The van der Waals surface area contributed by atoms with Crippen molar-refractivity contribution < 1.29 is 28.6 Å². The Morgan fingerprint density at radius 3 is 2.62 bits per heavy atom. The van der Waals surface area contributed by atoms with Crippen molar-refractivity contribution in [3.8, 4) is 11.6 Å². The minimum atomic E-state index is -0.743. The summed E-state index contributed by atoms with van der Waals surface area (Å²) in [5, 5.41) is 15.8. The Labute approximate surface area is 319 Å². The molecule has 0 aliphatic carbocycles. The highest BCUT2D eigenvalue weighted by Crippen LogP contribution is 2.32. The Morgan fingerprint density at radius 1 is 1.11 bits per heavy atom. The lowest BCUT2D eigenvalue weighted by Gasteiger charge is -2.36. The summed E-state index contributed by atoms with van der Waals surface area (Å²) in [7, 11) is 0. The summed E-state index contributed by atoms with van der Waals surface area (Å²) in [6.45, 7) is 9.88. The molecule has 3 unspecified atom stereocenters. The molecule has 0 spiro atoms. The molecule has 3 atom stereocenters. The van der Waals surface area contributed by atoms with E-state index < -0.39 is 23.5 Å². The van der Waals surface area contributed by atoms with Crippen LogP contribution in [0.25, 0.3) is 5.70 Å². The number of aromatic hydroxyl groups is 1. The molecule has 4 aliphatic rings. The molecule has 7 N–H and O–H groups in total. The van der Waals surface area contributed by atoms with Crippen LogP contribution in [0, 0.1) is 19.7 Å². The van der Waals surface area contributed by atoms with Gasteiger partial charge in [0, 0.05) is 87.9 Å². The van der Waals surface area contributed by atoms with Crippen LogP contribution in [0.2, 0.25) is 0 Å². The van der Waals surface area contributed by atoms with Crippen LogP contribution in [0.1, 0.15) is 47.1 Å². The summed E-state index contributed by atoms with van der Waals surface area (Å²) in [5.41, 5.74) is 19.1. The summed E-state index contributed by atoms with van der Waals surface area (Å²) >= 11 is 0. The van der Waals surface area contributed by atoms with Gasteiger partial charge in [-0.1, -0.05) is 12.1 Å². The first-order valence-electron chi connectivity index (χ1n) is 18.7. The van der Waals surface area contributed by atoms with E-state index in [4.69, 9.17) is 16.2 Å². The van der Waals surface area contributed by atoms with Crippen molar-refractivity contribution in [2.75, 3.05) is 44.2 Å². The van der Waals surface area contributed by atoms with Gasteiger partial charge in [0.1, 0.15) is 18.0 Å². The molecule has 2 aromatic carbocycles. The number of carbonyl (C=O) groups is 3. The van der Waals surface area contributed by atoms with Gasteiger partial charge in [0.05, 0.1) is 18.3 Å². The highest BCUT2D eigenvalue weighted by molar-refractivity contribution is 6.00. The number of fused-ring (bicyclic) bond motifs is 1. The second-order valence-electron chi connectivity index (χ2n) is 14.8. The Bertz CT molecular complexity index is 2030. The van der Waals surface area contributed by atoms with Crippen LogP contribution in [-0.2, 0) is 27.5 Å². The fourth-order valence-electron chi connectivity index (χ4n) is 7.89. The average Bonchev–Trinajstić information content (AvgIpc) is 3.58. The number of phenols is 1. The number of phenolic OH excluding ortho intramolecular Hbond substituents is 1. The van der Waals surface area contributed by atoms with E-state index in [1.165, 1.54) is 17.0 Å². The molecule has 14 nitrogen and oxygen atoms in total. The number of amides is 3. The maximum absolute atomic E-state index is 14.0. The number of hydrogen-bond donors (Lipinski definition) is 5. The number of carbonyl (C=O) groups excluding carboxylic acids is 3. The van der Waals surface area contributed by atoms with Crippen molar-refractivity contribution in [2.45, 2.75) is 64.4 Å². The van der Waals surface area contributed by atoms with Gasteiger partial charge in [-0.2, -0.15) is 0 Å². The molecular formula is C40H48FN9O5.